The minimum absolute atomic E-state index is 0.169. The molecule has 218 valence electrons. The Kier molecular flexibility index (Phi) is 10.9. The molecule has 0 aromatic carbocycles. The summed E-state index contributed by atoms with van der Waals surface area (Å²) in [6.45, 7) is 16.6. The largest absolute Gasteiger partial charge is 0.417 e. The topological polar surface area (TPSA) is 87.1 Å². The lowest BCUT2D eigenvalue weighted by Crippen LogP contribution is -2.40. The molecule has 2 aromatic heterocycles. The van der Waals surface area contributed by atoms with Gasteiger partial charge in [0.05, 0.1) is 23.0 Å². The van der Waals surface area contributed by atoms with Crippen molar-refractivity contribution < 1.29 is 18.0 Å². The van der Waals surface area contributed by atoms with Crippen LogP contribution in [0.15, 0.2) is 38.2 Å². The van der Waals surface area contributed by atoms with E-state index >= 15 is 0 Å². The summed E-state index contributed by atoms with van der Waals surface area (Å²) in [5.74, 6) is 0.0365. The Morgan fingerprint density at radius 3 is 2.58 bits per heavy atom. The highest BCUT2D eigenvalue weighted by Crippen LogP contribution is 2.36. The third-order valence-electron chi connectivity index (χ3n) is 6.89. The van der Waals surface area contributed by atoms with Crippen molar-refractivity contribution in [1.29, 1.82) is 0 Å². The van der Waals surface area contributed by atoms with E-state index in [0.717, 1.165) is 45.3 Å². The van der Waals surface area contributed by atoms with Gasteiger partial charge in [-0.3, -0.25) is 9.48 Å². The highest BCUT2D eigenvalue weighted by molar-refractivity contribution is 5.93. The van der Waals surface area contributed by atoms with Gasteiger partial charge in [-0.25, -0.2) is 4.98 Å². The predicted octanol–water partition coefficient (Wildman–Crippen LogP) is 5.18. The van der Waals surface area contributed by atoms with Crippen molar-refractivity contribution in [1.82, 2.24) is 30.3 Å². The van der Waals surface area contributed by atoms with Crippen molar-refractivity contribution >= 4 is 29.1 Å². The summed E-state index contributed by atoms with van der Waals surface area (Å²) in [7, 11) is 2.06. The molecule has 1 aliphatic rings. The Hall–Kier alpha value is -3.60. The molecule has 0 saturated carbocycles. The normalized spacial score (nSPS) is 14.5. The van der Waals surface area contributed by atoms with E-state index in [1.165, 1.54) is 12.3 Å². The van der Waals surface area contributed by atoms with Crippen LogP contribution in [0.25, 0.3) is 17.3 Å². The Balaban J connectivity index is 1.67. The van der Waals surface area contributed by atoms with Gasteiger partial charge in [-0.15, -0.1) is 0 Å². The van der Waals surface area contributed by atoms with Gasteiger partial charge in [0, 0.05) is 48.7 Å². The third kappa shape index (κ3) is 8.45. The van der Waals surface area contributed by atoms with Crippen LogP contribution in [0.2, 0.25) is 0 Å². The first-order chi connectivity index (χ1) is 19.0. The molecule has 1 amide bonds. The number of amides is 1. The molecule has 0 atom stereocenters. The van der Waals surface area contributed by atoms with E-state index in [2.05, 4.69) is 64.6 Å². The molecule has 3 heterocycles. The van der Waals surface area contributed by atoms with E-state index in [1.54, 1.807) is 16.9 Å². The molecule has 1 aliphatic heterocycles. The van der Waals surface area contributed by atoms with E-state index in [0.29, 0.717) is 36.3 Å². The van der Waals surface area contributed by atoms with E-state index in [-0.39, 0.29) is 29.0 Å². The second kappa shape index (κ2) is 14.2. The number of hydrogen-bond donors (Lipinski definition) is 3. The number of pyridine rings is 1. The quantitative estimate of drug-likeness (QED) is 0.277. The van der Waals surface area contributed by atoms with E-state index in [1.807, 2.05) is 0 Å². The van der Waals surface area contributed by atoms with Gasteiger partial charge in [0.25, 0.3) is 5.91 Å². The summed E-state index contributed by atoms with van der Waals surface area (Å²) in [4.78, 5) is 18.9. The van der Waals surface area contributed by atoms with Crippen LogP contribution in [-0.4, -0.2) is 71.0 Å². The molecule has 0 unspecified atom stereocenters. The highest BCUT2D eigenvalue weighted by atomic mass is 19.4. The molecular formula is C29H40F3N7O. The number of carbonyl (C=O) groups excluding carboxylic acids is 1. The predicted molar refractivity (Wildman–Crippen MR) is 155 cm³/mol. The number of carbonyl (C=O) groups is 1. The number of nitrogens with one attached hydrogen (secondary N) is 3. The summed E-state index contributed by atoms with van der Waals surface area (Å²) >= 11 is 0. The van der Waals surface area contributed by atoms with Crippen LogP contribution < -0.4 is 16.0 Å². The standard InChI is InChI=1S/C29H40F3N7O/c1-6-8-14-39-19-22(18-35-39)28(40)34-13-9-12-33-26-17-25(21(4)36-23-10-15-38(5)16-11-23)24(7-2)27(37-26)20(3)29(30,31)32/h7,17-19,23,36H,2-4,6,8-16H2,1,5H3,(H,33,37)(H,34,40). The average Bonchev–Trinajstić information content (AvgIpc) is 3.40. The summed E-state index contributed by atoms with van der Waals surface area (Å²) in [5, 5.41) is 13.5. The van der Waals surface area contributed by atoms with Gasteiger partial charge in [0.15, 0.2) is 0 Å². The fourth-order valence-corrected chi connectivity index (χ4v) is 4.48. The summed E-state index contributed by atoms with van der Waals surface area (Å²) in [6, 6.07) is 1.85. The van der Waals surface area contributed by atoms with Crippen molar-refractivity contribution in [3.8, 4) is 0 Å². The molecule has 40 heavy (non-hydrogen) atoms. The molecule has 0 bridgehead atoms. The average molecular weight is 560 g/mol. The molecule has 3 N–H and O–H groups in total. The van der Waals surface area contributed by atoms with Gasteiger partial charge in [-0.2, -0.15) is 18.3 Å². The van der Waals surface area contributed by atoms with Crippen molar-refractivity contribution in [2.45, 2.75) is 57.8 Å². The molecule has 8 nitrogen and oxygen atoms in total. The third-order valence-corrected chi connectivity index (χ3v) is 6.89. The van der Waals surface area contributed by atoms with Crippen molar-refractivity contribution in [2.24, 2.45) is 0 Å². The number of nitrogens with zero attached hydrogens (tertiary/aromatic N) is 4. The van der Waals surface area contributed by atoms with Crippen LogP contribution in [0.1, 0.15) is 66.2 Å². The summed E-state index contributed by atoms with van der Waals surface area (Å²) in [6.07, 6.45) is 4.32. The Bertz CT molecular complexity index is 1200. The maximum atomic E-state index is 13.7. The molecule has 0 spiro atoms. The van der Waals surface area contributed by atoms with Gasteiger partial charge < -0.3 is 20.9 Å². The van der Waals surface area contributed by atoms with E-state index < -0.39 is 11.7 Å². The van der Waals surface area contributed by atoms with Crippen LogP contribution in [0, 0.1) is 0 Å². The number of unbranched alkanes of at least 4 members (excludes halogenated alkanes) is 1. The molecule has 3 rings (SSSR count). The smallest absolute Gasteiger partial charge is 0.382 e. The van der Waals surface area contributed by atoms with Crippen LogP contribution in [0.3, 0.4) is 0 Å². The molecule has 2 aromatic rings. The van der Waals surface area contributed by atoms with Crippen molar-refractivity contribution in [3.63, 3.8) is 0 Å². The molecule has 0 aliphatic carbocycles. The first-order valence-electron chi connectivity index (χ1n) is 13.7. The molecule has 1 saturated heterocycles. The Morgan fingerprint density at radius 1 is 1.20 bits per heavy atom. The maximum absolute atomic E-state index is 13.7. The number of allylic oxidation sites excluding steroid dienone is 1. The number of halogens is 3. The number of rotatable bonds is 14. The molecular weight excluding hydrogens is 519 g/mol. The fraction of sp³-hybridized carbons (Fsp3) is 0.483. The summed E-state index contributed by atoms with van der Waals surface area (Å²) in [5.41, 5.74) is 0.373. The lowest BCUT2D eigenvalue weighted by Gasteiger charge is -2.31. The van der Waals surface area contributed by atoms with E-state index in [9.17, 15) is 18.0 Å². The lowest BCUT2D eigenvalue weighted by molar-refractivity contribution is -0.0689. The first kappa shape index (κ1) is 30.9. The maximum Gasteiger partial charge on any atom is 0.417 e. The van der Waals surface area contributed by atoms with Crippen LogP contribution >= 0.6 is 0 Å². The van der Waals surface area contributed by atoms with Gasteiger partial charge in [0.1, 0.15) is 5.82 Å². The Morgan fingerprint density at radius 2 is 1.93 bits per heavy atom. The van der Waals surface area contributed by atoms with Gasteiger partial charge in [-0.05, 0) is 51.9 Å². The molecule has 0 radical (unpaired) electrons. The zero-order chi connectivity index (χ0) is 29.3. The monoisotopic (exact) mass is 559 g/mol. The number of likely N-dealkylation sites (tertiary alicyclic amines) is 1. The van der Waals surface area contributed by atoms with Gasteiger partial charge in [-0.1, -0.05) is 39.2 Å². The number of anilines is 1. The SMILES string of the molecule is C=Cc1c(C(=C)NC2CCN(C)CC2)cc(NCCCNC(=O)c2cnn(CCCC)c2)nc1C(=C)C(F)(F)F. The number of aryl methyl sites for hydroxylation is 1. The van der Waals surface area contributed by atoms with Crippen LogP contribution in [-0.2, 0) is 6.54 Å². The number of aromatic nitrogens is 3. The van der Waals surface area contributed by atoms with Crippen molar-refractivity contribution in [3.05, 3.63) is 60.6 Å². The zero-order valence-electron chi connectivity index (χ0n) is 23.4. The highest BCUT2D eigenvalue weighted by Gasteiger charge is 2.36. The second-order valence-corrected chi connectivity index (χ2v) is 10.1. The van der Waals surface area contributed by atoms with Crippen LogP contribution in [0.4, 0.5) is 19.0 Å². The second-order valence-electron chi connectivity index (χ2n) is 10.1. The Labute approximate surface area is 234 Å². The van der Waals surface area contributed by atoms with Gasteiger partial charge in [0.2, 0.25) is 0 Å². The first-order valence-corrected chi connectivity index (χ1v) is 13.7. The lowest BCUT2D eigenvalue weighted by atomic mass is 9.98. The number of hydrogen-bond acceptors (Lipinski definition) is 6. The molecule has 1 fully saturated rings. The summed E-state index contributed by atoms with van der Waals surface area (Å²) < 4.78 is 42.8. The number of alkyl halides is 3. The molecule has 11 heteroatoms. The van der Waals surface area contributed by atoms with Gasteiger partial charge >= 0.3 is 6.18 Å². The van der Waals surface area contributed by atoms with Crippen molar-refractivity contribution in [2.75, 3.05) is 38.5 Å². The fourth-order valence-electron chi connectivity index (χ4n) is 4.48. The minimum Gasteiger partial charge on any atom is -0.382 e. The number of piperidine rings is 1. The van der Waals surface area contributed by atoms with Crippen LogP contribution in [0.5, 0.6) is 0 Å². The van der Waals surface area contributed by atoms with E-state index in [4.69, 9.17) is 0 Å². The zero-order valence-corrected chi connectivity index (χ0v) is 23.4. The minimum atomic E-state index is -4.65.